The number of nitrogens with zero attached hydrogens (tertiary/aromatic N) is 1. The fraction of sp³-hybridized carbons (Fsp3) is 0.440. The third-order valence-corrected chi connectivity index (χ3v) is 6.72. The van der Waals surface area contributed by atoms with Gasteiger partial charge in [0.1, 0.15) is 11.9 Å². The van der Waals surface area contributed by atoms with E-state index in [0.717, 1.165) is 31.2 Å². The summed E-state index contributed by atoms with van der Waals surface area (Å²) < 4.78 is 13.9. The van der Waals surface area contributed by atoms with Crippen LogP contribution >= 0.6 is 11.8 Å². The van der Waals surface area contributed by atoms with Gasteiger partial charge in [-0.1, -0.05) is 67.8 Å². The Morgan fingerprint density at radius 2 is 1.74 bits per heavy atom. The molecule has 0 radical (unpaired) electrons. The molecule has 3 rings (SSSR count). The second-order valence-corrected chi connectivity index (χ2v) is 9.10. The van der Waals surface area contributed by atoms with E-state index >= 15 is 0 Å². The van der Waals surface area contributed by atoms with Crippen LogP contribution in [0.25, 0.3) is 0 Å². The first-order valence-corrected chi connectivity index (χ1v) is 12.1. The molecule has 1 atom stereocenters. The van der Waals surface area contributed by atoms with Crippen molar-refractivity contribution in [3.05, 3.63) is 71.5 Å². The minimum absolute atomic E-state index is 0.102. The quantitative estimate of drug-likeness (QED) is 0.599. The summed E-state index contributed by atoms with van der Waals surface area (Å²) in [6, 6.07) is 15.9. The molecule has 2 aromatic carbocycles. The summed E-state index contributed by atoms with van der Waals surface area (Å²) >= 11 is 1.37. The lowest BCUT2D eigenvalue weighted by atomic mass is 9.95. The van der Waals surface area contributed by atoms with E-state index in [9.17, 15) is 14.0 Å². The molecule has 166 valence electrons. The number of carbonyl (C=O) groups is 2. The van der Waals surface area contributed by atoms with Crippen LogP contribution in [0, 0.1) is 5.82 Å². The van der Waals surface area contributed by atoms with Gasteiger partial charge in [0.15, 0.2) is 0 Å². The van der Waals surface area contributed by atoms with Crippen molar-refractivity contribution in [2.24, 2.45) is 0 Å². The number of carbonyl (C=O) groups excluding carboxylic acids is 2. The lowest BCUT2D eigenvalue weighted by Crippen LogP contribution is -2.50. The number of benzene rings is 2. The van der Waals surface area contributed by atoms with Crippen LogP contribution in [0.1, 0.15) is 50.2 Å². The van der Waals surface area contributed by atoms with E-state index in [2.05, 4.69) is 5.32 Å². The van der Waals surface area contributed by atoms with Gasteiger partial charge < -0.3 is 10.2 Å². The van der Waals surface area contributed by atoms with Gasteiger partial charge in [-0.3, -0.25) is 9.59 Å². The largest absolute Gasteiger partial charge is 0.352 e. The molecule has 0 aromatic heterocycles. The van der Waals surface area contributed by atoms with Crippen LogP contribution in [0.5, 0.6) is 0 Å². The summed E-state index contributed by atoms with van der Waals surface area (Å²) in [6.07, 6.45) is 5.50. The first-order valence-electron chi connectivity index (χ1n) is 11.0. The molecule has 1 fully saturated rings. The van der Waals surface area contributed by atoms with Crippen molar-refractivity contribution < 1.29 is 14.0 Å². The summed E-state index contributed by atoms with van der Waals surface area (Å²) in [5.74, 6) is 0.137. The average Bonchev–Trinajstić information content (AvgIpc) is 2.79. The normalized spacial score (nSPS) is 15.3. The highest BCUT2D eigenvalue weighted by Gasteiger charge is 2.28. The maximum Gasteiger partial charge on any atom is 0.242 e. The van der Waals surface area contributed by atoms with E-state index in [4.69, 9.17) is 0 Å². The first kappa shape index (κ1) is 23.3. The molecule has 1 aliphatic carbocycles. The van der Waals surface area contributed by atoms with Crippen molar-refractivity contribution in [1.29, 1.82) is 0 Å². The lowest BCUT2D eigenvalue weighted by molar-refractivity contribution is -0.139. The number of rotatable bonds is 9. The highest BCUT2D eigenvalue weighted by Crippen LogP contribution is 2.20. The van der Waals surface area contributed by atoms with Crippen molar-refractivity contribution in [1.82, 2.24) is 10.2 Å². The summed E-state index contributed by atoms with van der Waals surface area (Å²) in [5.41, 5.74) is 1.56. The Bertz CT molecular complexity index is 856. The second kappa shape index (κ2) is 11.9. The molecule has 4 nitrogen and oxygen atoms in total. The number of hydrogen-bond acceptors (Lipinski definition) is 3. The van der Waals surface area contributed by atoms with Gasteiger partial charge in [-0.25, -0.2) is 4.39 Å². The highest BCUT2D eigenvalue weighted by molar-refractivity contribution is 7.99. The number of amides is 2. The van der Waals surface area contributed by atoms with Crippen molar-refractivity contribution in [3.63, 3.8) is 0 Å². The van der Waals surface area contributed by atoms with E-state index in [1.165, 1.54) is 24.2 Å². The third kappa shape index (κ3) is 7.10. The maximum absolute atomic E-state index is 13.9. The van der Waals surface area contributed by atoms with Gasteiger partial charge in [-0.2, -0.15) is 0 Å². The number of thioether (sulfide) groups is 1. The van der Waals surface area contributed by atoms with Gasteiger partial charge in [0.2, 0.25) is 11.8 Å². The molecular weight excluding hydrogens is 411 g/mol. The SMILES string of the molecule is CC(C(=O)NC1CCCCC1)N(Cc1ccccc1)C(=O)CSCc1ccccc1F. The number of hydrogen-bond donors (Lipinski definition) is 1. The Balaban J connectivity index is 1.63. The number of nitrogens with one attached hydrogen (secondary N) is 1. The van der Waals surface area contributed by atoms with E-state index in [1.807, 2.05) is 30.3 Å². The van der Waals surface area contributed by atoms with Gasteiger partial charge in [0, 0.05) is 18.3 Å². The Labute approximate surface area is 188 Å². The minimum atomic E-state index is -0.566. The smallest absolute Gasteiger partial charge is 0.242 e. The van der Waals surface area contributed by atoms with Crippen molar-refractivity contribution in [2.75, 3.05) is 5.75 Å². The van der Waals surface area contributed by atoms with E-state index in [0.29, 0.717) is 17.9 Å². The highest BCUT2D eigenvalue weighted by atomic mass is 32.2. The van der Waals surface area contributed by atoms with E-state index in [-0.39, 0.29) is 29.4 Å². The Kier molecular flexibility index (Phi) is 8.95. The summed E-state index contributed by atoms with van der Waals surface area (Å²) in [6.45, 7) is 2.17. The van der Waals surface area contributed by atoms with Crippen LogP contribution in [0.3, 0.4) is 0 Å². The molecule has 1 saturated carbocycles. The molecular formula is C25H31FN2O2S. The van der Waals surface area contributed by atoms with E-state index in [1.54, 1.807) is 30.0 Å². The topological polar surface area (TPSA) is 49.4 Å². The summed E-state index contributed by atoms with van der Waals surface area (Å²) in [4.78, 5) is 27.7. The molecule has 0 bridgehead atoms. The predicted octanol–water partition coefficient (Wildman–Crippen LogP) is 4.93. The summed E-state index contributed by atoms with van der Waals surface area (Å²) in [5, 5.41) is 3.14. The zero-order valence-electron chi connectivity index (χ0n) is 18.1. The molecule has 0 saturated heterocycles. The van der Waals surface area contributed by atoms with Crippen molar-refractivity contribution in [2.45, 2.75) is 63.4 Å². The number of halogens is 1. The van der Waals surface area contributed by atoms with E-state index < -0.39 is 6.04 Å². The van der Waals surface area contributed by atoms with Crippen LogP contribution in [0.2, 0.25) is 0 Å². The Morgan fingerprint density at radius 3 is 2.45 bits per heavy atom. The average molecular weight is 443 g/mol. The standard InChI is InChI=1S/C25H31FN2O2S/c1-19(25(30)27-22-13-6-3-7-14-22)28(16-20-10-4-2-5-11-20)24(29)18-31-17-21-12-8-9-15-23(21)26/h2,4-5,8-12,15,19,22H,3,6-7,13-14,16-18H2,1H3,(H,27,30). The summed E-state index contributed by atoms with van der Waals surface area (Å²) in [7, 11) is 0. The zero-order chi connectivity index (χ0) is 22.1. The Morgan fingerprint density at radius 1 is 1.06 bits per heavy atom. The van der Waals surface area contributed by atoms with Gasteiger partial charge in [-0.15, -0.1) is 11.8 Å². The fourth-order valence-corrected chi connectivity index (χ4v) is 4.77. The van der Waals surface area contributed by atoms with Crippen LogP contribution in [-0.4, -0.2) is 34.6 Å². The minimum Gasteiger partial charge on any atom is -0.352 e. The van der Waals surface area contributed by atoms with Crippen molar-refractivity contribution >= 4 is 23.6 Å². The van der Waals surface area contributed by atoms with Gasteiger partial charge >= 0.3 is 0 Å². The molecule has 1 unspecified atom stereocenters. The lowest BCUT2D eigenvalue weighted by Gasteiger charge is -2.31. The molecule has 31 heavy (non-hydrogen) atoms. The first-order chi connectivity index (χ1) is 15.0. The molecule has 1 aliphatic rings. The Hall–Kier alpha value is -2.34. The molecule has 6 heteroatoms. The molecule has 1 N–H and O–H groups in total. The molecule has 0 aliphatic heterocycles. The molecule has 0 spiro atoms. The van der Waals surface area contributed by atoms with Crippen LogP contribution in [0.4, 0.5) is 4.39 Å². The second-order valence-electron chi connectivity index (χ2n) is 8.11. The van der Waals surface area contributed by atoms with Gasteiger partial charge in [0.25, 0.3) is 0 Å². The van der Waals surface area contributed by atoms with Crippen molar-refractivity contribution in [3.8, 4) is 0 Å². The zero-order valence-corrected chi connectivity index (χ0v) is 18.9. The van der Waals surface area contributed by atoms with Crippen LogP contribution in [0.15, 0.2) is 54.6 Å². The molecule has 2 aromatic rings. The third-order valence-electron chi connectivity index (χ3n) is 5.76. The van der Waals surface area contributed by atoms with Crippen LogP contribution < -0.4 is 5.32 Å². The molecule has 0 heterocycles. The monoisotopic (exact) mass is 442 g/mol. The fourth-order valence-electron chi connectivity index (χ4n) is 3.88. The molecule has 2 amide bonds. The predicted molar refractivity (Wildman–Crippen MR) is 124 cm³/mol. The van der Waals surface area contributed by atoms with Gasteiger partial charge in [0.05, 0.1) is 5.75 Å². The van der Waals surface area contributed by atoms with Gasteiger partial charge in [-0.05, 0) is 37.0 Å². The van der Waals surface area contributed by atoms with Crippen LogP contribution in [-0.2, 0) is 21.9 Å². The maximum atomic E-state index is 13.9.